The maximum Gasteiger partial charge on any atom is 0.262 e. The molecule has 0 spiro atoms. The maximum absolute atomic E-state index is 13.4. The normalized spacial score (nSPS) is 12.1. The lowest BCUT2D eigenvalue weighted by molar-refractivity contribution is 0.0990. The number of carbonyl (C=O) groups excluding carboxylic acids is 2. The highest BCUT2D eigenvalue weighted by atomic mass is 16.2. The Kier molecular flexibility index (Phi) is 4.60. The summed E-state index contributed by atoms with van der Waals surface area (Å²) in [6.07, 6.45) is 0. The van der Waals surface area contributed by atoms with Gasteiger partial charge in [-0.3, -0.25) is 19.4 Å². The molecule has 4 aliphatic heterocycles. The number of nitrogen functional groups attached to an aromatic ring is 2. The largest absolute Gasteiger partial charge is 0.399 e. The first-order valence-electron chi connectivity index (χ1n) is 10.1. The average molecular weight is 420 g/mol. The van der Waals surface area contributed by atoms with E-state index in [4.69, 9.17) is 11.5 Å². The van der Waals surface area contributed by atoms with Gasteiger partial charge < -0.3 is 11.5 Å². The Morgan fingerprint density at radius 1 is 0.438 bits per heavy atom. The van der Waals surface area contributed by atoms with Crippen LogP contribution < -0.4 is 21.3 Å². The predicted molar refractivity (Wildman–Crippen MR) is 128 cm³/mol. The van der Waals surface area contributed by atoms with Gasteiger partial charge >= 0.3 is 0 Å². The first-order chi connectivity index (χ1) is 15.5. The van der Waals surface area contributed by atoms with Crippen molar-refractivity contribution in [3.05, 3.63) is 108 Å². The summed E-state index contributed by atoms with van der Waals surface area (Å²) in [5, 5.41) is 0. The van der Waals surface area contributed by atoms with Gasteiger partial charge in [0.1, 0.15) is 0 Å². The van der Waals surface area contributed by atoms with E-state index >= 15 is 0 Å². The molecule has 4 aliphatic rings. The minimum atomic E-state index is -0.166. The van der Waals surface area contributed by atoms with E-state index in [1.54, 1.807) is 58.3 Å². The second-order valence-electron chi connectivity index (χ2n) is 7.56. The van der Waals surface area contributed by atoms with Gasteiger partial charge in [-0.25, -0.2) is 0 Å². The Labute approximate surface area is 185 Å². The summed E-state index contributed by atoms with van der Waals surface area (Å²) in [7, 11) is 0. The lowest BCUT2D eigenvalue weighted by Gasteiger charge is -2.29. The van der Waals surface area contributed by atoms with Gasteiger partial charge in [-0.05, 0) is 97.1 Å². The molecule has 0 radical (unpaired) electrons. The van der Waals surface area contributed by atoms with Crippen molar-refractivity contribution in [2.24, 2.45) is 0 Å². The Balaban J connectivity index is 1.58. The van der Waals surface area contributed by atoms with Crippen LogP contribution in [0.5, 0.6) is 0 Å². The molecule has 2 amide bonds. The van der Waals surface area contributed by atoms with Crippen LogP contribution in [0.15, 0.2) is 97.1 Å². The monoisotopic (exact) mass is 420 g/mol. The molecule has 8 rings (SSSR count). The Morgan fingerprint density at radius 3 is 0.938 bits per heavy atom. The molecule has 32 heavy (non-hydrogen) atoms. The zero-order valence-corrected chi connectivity index (χ0v) is 17.1. The SMILES string of the molecule is Nc1ccc(C(=O)N2c3ccc(cc3)N(C(=O)c3ccc(N)cc3)c3ccc2cc3)cc1. The van der Waals surface area contributed by atoms with Gasteiger partial charge in [0, 0.05) is 45.3 Å². The van der Waals surface area contributed by atoms with Gasteiger partial charge in [0.2, 0.25) is 0 Å². The highest BCUT2D eigenvalue weighted by Crippen LogP contribution is 2.36. The summed E-state index contributed by atoms with van der Waals surface area (Å²) in [4.78, 5) is 30.0. The molecular formula is C26H20N4O2. The number of benzene rings is 4. The third-order valence-electron chi connectivity index (χ3n) is 5.45. The summed E-state index contributed by atoms with van der Waals surface area (Å²) < 4.78 is 0. The number of hydrogen-bond acceptors (Lipinski definition) is 4. The minimum absolute atomic E-state index is 0.166. The number of carbonyl (C=O) groups is 2. The molecule has 6 nitrogen and oxygen atoms in total. The summed E-state index contributed by atoms with van der Waals surface area (Å²) in [6, 6.07) is 28.4. The Morgan fingerprint density at radius 2 is 0.688 bits per heavy atom. The van der Waals surface area contributed by atoms with Gasteiger partial charge in [0.15, 0.2) is 0 Å². The van der Waals surface area contributed by atoms with Crippen LogP contribution in [0.25, 0.3) is 0 Å². The molecule has 156 valence electrons. The molecule has 4 bridgehead atoms. The second kappa shape index (κ2) is 7.59. The zero-order valence-electron chi connectivity index (χ0n) is 17.1. The van der Waals surface area contributed by atoms with E-state index in [1.807, 2.05) is 48.5 Å². The van der Waals surface area contributed by atoms with E-state index in [1.165, 1.54) is 0 Å². The predicted octanol–water partition coefficient (Wildman–Crippen LogP) is 5.12. The van der Waals surface area contributed by atoms with Crippen LogP contribution in [0.4, 0.5) is 34.1 Å². The summed E-state index contributed by atoms with van der Waals surface area (Å²) in [6.45, 7) is 0. The molecule has 4 aromatic rings. The lowest BCUT2D eigenvalue weighted by atomic mass is 10.1. The van der Waals surface area contributed by atoms with Crippen LogP contribution >= 0.6 is 0 Å². The lowest BCUT2D eigenvalue weighted by Crippen LogP contribution is -2.29. The molecule has 0 atom stereocenters. The average Bonchev–Trinajstić information content (AvgIpc) is 2.83. The molecule has 0 saturated carbocycles. The summed E-state index contributed by atoms with van der Waals surface area (Å²) in [5.41, 5.74) is 16.6. The maximum atomic E-state index is 13.4. The highest BCUT2D eigenvalue weighted by Gasteiger charge is 2.25. The van der Waals surface area contributed by atoms with Gasteiger partial charge in [-0.2, -0.15) is 0 Å². The van der Waals surface area contributed by atoms with E-state index in [0.29, 0.717) is 45.3 Å². The quantitative estimate of drug-likeness (QED) is 0.440. The molecule has 0 saturated heterocycles. The van der Waals surface area contributed by atoms with E-state index in [0.717, 1.165) is 0 Å². The molecular weight excluding hydrogens is 400 g/mol. The van der Waals surface area contributed by atoms with E-state index in [2.05, 4.69) is 0 Å². The smallest absolute Gasteiger partial charge is 0.262 e. The zero-order chi connectivity index (χ0) is 22.2. The van der Waals surface area contributed by atoms with Gasteiger partial charge in [0.25, 0.3) is 11.8 Å². The minimum Gasteiger partial charge on any atom is -0.399 e. The van der Waals surface area contributed by atoms with Crippen LogP contribution in [0.1, 0.15) is 20.7 Å². The van der Waals surface area contributed by atoms with Crippen molar-refractivity contribution in [3.8, 4) is 0 Å². The number of amides is 2. The standard InChI is InChI=1S/C26H20N4O2/c27-19-5-1-17(2-6-19)25(31)29-21-9-13-23(14-10-21)30(24-15-11-22(29)12-16-24)26(32)18-3-7-20(28)8-4-18/h1-16H,27-28H2. The first-order valence-corrected chi connectivity index (χ1v) is 10.1. The van der Waals surface area contributed by atoms with Crippen molar-refractivity contribution >= 4 is 45.9 Å². The van der Waals surface area contributed by atoms with Gasteiger partial charge in [-0.1, -0.05) is 0 Å². The Bertz CT molecular complexity index is 1150. The second-order valence-corrected chi connectivity index (χ2v) is 7.56. The third-order valence-corrected chi connectivity index (χ3v) is 5.45. The van der Waals surface area contributed by atoms with Crippen LogP contribution in [-0.2, 0) is 0 Å². The summed E-state index contributed by atoms with van der Waals surface area (Å²) in [5.74, 6) is -0.332. The number of hydrogen-bond donors (Lipinski definition) is 2. The summed E-state index contributed by atoms with van der Waals surface area (Å²) >= 11 is 0. The van der Waals surface area contributed by atoms with Crippen molar-refractivity contribution in [2.75, 3.05) is 21.3 Å². The highest BCUT2D eigenvalue weighted by molar-refractivity contribution is 6.13. The molecule has 4 heterocycles. The number of nitrogens with zero attached hydrogens (tertiary/aromatic N) is 2. The molecule has 0 aromatic heterocycles. The van der Waals surface area contributed by atoms with E-state index in [-0.39, 0.29) is 11.8 Å². The Hall–Kier alpha value is -4.58. The molecule has 0 fully saturated rings. The van der Waals surface area contributed by atoms with Crippen LogP contribution in [-0.4, -0.2) is 11.8 Å². The first kappa shape index (κ1) is 19.4. The van der Waals surface area contributed by atoms with Crippen LogP contribution in [0, 0.1) is 0 Å². The fourth-order valence-electron chi connectivity index (χ4n) is 3.78. The van der Waals surface area contributed by atoms with Gasteiger partial charge in [-0.15, -0.1) is 0 Å². The molecule has 4 N–H and O–H groups in total. The molecule has 0 aliphatic carbocycles. The van der Waals surface area contributed by atoms with Crippen molar-refractivity contribution < 1.29 is 9.59 Å². The molecule has 4 aromatic carbocycles. The van der Waals surface area contributed by atoms with Crippen molar-refractivity contribution in [3.63, 3.8) is 0 Å². The number of rotatable bonds is 2. The van der Waals surface area contributed by atoms with Gasteiger partial charge in [0.05, 0.1) is 0 Å². The fourth-order valence-corrected chi connectivity index (χ4v) is 3.78. The molecule has 6 heteroatoms. The van der Waals surface area contributed by atoms with E-state index < -0.39 is 0 Å². The topological polar surface area (TPSA) is 92.7 Å². The fraction of sp³-hybridized carbons (Fsp3) is 0. The van der Waals surface area contributed by atoms with Crippen LogP contribution in [0.3, 0.4) is 0 Å². The van der Waals surface area contributed by atoms with Crippen molar-refractivity contribution in [1.29, 1.82) is 0 Å². The van der Waals surface area contributed by atoms with E-state index in [9.17, 15) is 9.59 Å². The third kappa shape index (κ3) is 3.33. The van der Waals surface area contributed by atoms with Crippen LogP contribution in [0.2, 0.25) is 0 Å². The number of nitrogens with two attached hydrogens (primary N) is 2. The molecule has 0 unspecified atom stereocenters. The van der Waals surface area contributed by atoms with Crippen molar-refractivity contribution in [2.45, 2.75) is 0 Å². The number of anilines is 6. The van der Waals surface area contributed by atoms with Crippen molar-refractivity contribution in [1.82, 2.24) is 0 Å².